The molecule has 0 aromatic carbocycles. The number of hydrogen-bond donors (Lipinski definition) is 2. The smallest absolute Gasteiger partial charge is 0.00745 e. The molecule has 0 saturated heterocycles. The van der Waals surface area contributed by atoms with E-state index in [1.807, 2.05) is 11.8 Å². The molecule has 2 nitrogen and oxygen atoms in total. The molecule has 0 saturated carbocycles. The normalized spacial score (nSPS) is 10.2. The third-order valence-electron chi connectivity index (χ3n) is 1.17. The van der Waals surface area contributed by atoms with Gasteiger partial charge < -0.3 is 11.1 Å². The van der Waals surface area contributed by atoms with Gasteiger partial charge in [0.25, 0.3) is 0 Å². The summed E-state index contributed by atoms with van der Waals surface area (Å²) in [7, 11) is 0. The van der Waals surface area contributed by atoms with Crippen molar-refractivity contribution >= 4 is 11.8 Å². The van der Waals surface area contributed by atoms with Gasteiger partial charge in [0.1, 0.15) is 0 Å². The van der Waals surface area contributed by atoms with Gasteiger partial charge in [-0.15, -0.1) is 0 Å². The van der Waals surface area contributed by atoms with Crippen LogP contribution < -0.4 is 11.1 Å². The third kappa shape index (κ3) is 8.27. The zero-order chi connectivity index (χ0) is 7.66. The summed E-state index contributed by atoms with van der Waals surface area (Å²) in [6.07, 6.45) is 1.26. The van der Waals surface area contributed by atoms with Crippen LogP contribution in [-0.2, 0) is 0 Å². The van der Waals surface area contributed by atoms with E-state index < -0.39 is 0 Å². The average molecular weight is 162 g/mol. The highest BCUT2D eigenvalue weighted by molar-refractivity contribution is 7.99. The van der Waals surface area contributed by atoms with Gasteiger partial charge in [-0.05, 0) is 24.5 Å². The van der Waals surface area contributed by atoms with Crippen LogP contribution in [0.5, 0.6) is 0 Å². The van der Waals surface area contributed by atoms with E-state index >= 15 is 0 Å². The molecule has 62 valence electrons. The molecule has 0 aromatic rings. The zero-order valence-corrected chi connectivity index (χ0v) is 7.54. The molecule has 0 aliphatic carbocycles. The Bertz CT molecular complexity index is 51.6. The van der Waals surface area contributed by atoms with E-state index in [0.717, 1.165) is 19.6 Å². The maximum absolute atomic E-state index is 5.30. The van der Waals surface area contributed by atoms with Gasteiger partial charge in [0.05, 0.1) is 0 Å². The Morgan fingerprint density at radius 3 is 2.80 bits per heavy atom. The summed E-state index contributed by atoms with van der Waals surface area (Å²) in [6.45, 7) is 5.01. The Labute approximate surface area is 67.9 Å². The van der Waals surface area contributed by atoms with Crippen molar-refractivity contribution < 1.29 is 0 Å². The summed E-state index contributed by atoms with van der Waals surface area (Å²) in [5, 5.41) is 3.26. The third-order valence-corrected chi connectivity index (χ3v) is 2.15. The van der Waals surface area contributed by atoms with Crippen LogP contribution in [0.1, 0.15) is 13.3 Å². The van der Waals surface area contributed by atoms with Crippen LogP contribution >= 0.6 is 11.8 Å². The van der Waals surface area contributed by atoms with Crippen LogP contribution in [-0.4, -0.2) is 31.1 Å². The molecule has 0 atom stereocenters. The van der Waals surface area contributed by atoms with Crippen LogP contribution in [0.2, 0.25) is 0 Å². The highest BCUT2D eigenvalue weighted by Crippen LogP contribution is 1.98. The minimum atomic E-state index is 0.751. The molecular formula is C7H18N2S. The Balaban J connectivity index is 2.65. The van der Waals surface area contributed by atoms with Crippen molar-refractivity contribution in [2.75, 3.05) is 31.1 Å². The predicted molar refractivity (Wildman–Crippen MR) is 49.5 cm³/mol. The van der Waals surface area contributed by atoms with Gasteiger partial charge in [0, 0.05) is 13.1 Å². The van der Waals surface area contributed by atoms with Crippen LogP contribution in [0, 0.1) is 0 Å². The molecule has 0 aliphatic heterocycles. The van der Waals surface area contributed by atoms with Crippen molar-refractivity contribution in [2.24, 2.45) is 5.73 Å². The Morgan fingerprint density at radius 2 is 2.20 bits per heavy atom. The first kappa shape index (κ1) is 10.3. The first-order valence-electron chi connectivity index (χ1n) is 3.90. The number of thioether (sulfide) groups is 1. The molecule has 0 aromatic heterocycles. The van der Waals surface area contributed by atoms with Crippen LogP contribution in [0.3, 0.4) is 0 Å². The lowest BCUT2D eigenvalue weighted by Gasteiger charge is -2.00. The Morgan fingerprint density at radius 1 is 1.40 bits per heavy atom. The molecule has 0 heterocycles. The molecule has 10 heavy (non-hydrogen) atoms. The summed E-state index contributed by atoms with van der Waals surface area (Å²) in [4.78, 5) is 0. The summed E-state index contributed by atoms with van der Waals surface area (Å²) in [5.74, 6) is 2.50. The molecule has 3 heteroatoms. The largest absolute Gasteiger partial charge is 0.329 e. The number of hydrogen-bond acceptors (Lipinski definition) is 3. The molecule has 0 amide bonds. The second kappa shape index (κ2) is 9.27. The molecule has 0 bridgehead atoms. The Kier molecular flexibility index (Phi) is 9.52. The highest BCUT2D eigenvalue weighted by atomic mass is 32.2. The first-order chi connectivity index (χ1) is 4.91. The van der Waals surface area contributed by atoms with Gasteiger partial charge in [0.2, 0.25) is 0 Å². The lowest BCUT2D eigenvalue weighted by Crippen LogP contribution is -2.23. The second-order valence-corrected chi connectivity index (χ2v) is 3.48. The average Bonchev–Trinajstić information content (AvgIpc) is 1.97. The fraction of sp³-hybridized carbons (Fsp3) is 1.00. The molecule has 0 rings (SSSR count). The fourth-order valence-electron chi connectivity index (χ4n) is 0.671. The van der Waals surface area contributed by atoms with E-state index in [2.05, 4.69) is 12.2 Å². The maximum Gasteiger partial charge on any atom is 0.00745 e. The topological polar surface area (TPSA) is 38.0 Å². The molecule has 0 radical (unpaired) electrons. The monoisotopic (exact) mass is 162 g/mol. The van der Waals surface area contributed by atoms with Crippen molar-refractivity contribution in [1.29, 1.82) is 0 Å². The SMILES string of the molecule is CCSCCCNCCN. The number of nitrogens with two attached hydrogens (primary N) is 1. The van der Waals surface area contributed by atoms with E-state index in [9.17, 15) is 0 Å². The minimum absolute atomic E-state index is 0.751. The molecule has 0 unspecified atom stereocenters. The van der Waals surface area contributed by atoms with E-state index in [4.69, 9.17) is 5.73 Å². The highest BCUT2D eigenvalue weighted by Gasteiger charge is 1.85. The maximum atomic E-state index is 5.30. The van der Waals surface area contributed by atoms with Crippen molar-refractivity contribution in [3.63, 3.8) is 0 Å². The number of nitrogens with one attached hydrogen (secondary N) is 1. The molecule has 3 N–H and O–H groups in total. The quantitative estimate of drug-likeness (QED) is 0.541. The van der Waals surface area contributed by atoms with Crippen LogP contribution in [0.4, 0.5) is 0 Å². The summed E-state index contributed by atoms with van der Waals surface area (Å²) in [6, 6.07) is 0. The van der Waals surface area contributed by atoms with E-state index in [-0.39, 0.29) is 0 Å². The van der Waals surface area contributed by atoms with Crippen molar-refractivity contribution in [3.8, 4) is 0 Å². The van der Waals surface area contributed by atoms with Crippen LogP contribution in [0.25, 0.3) is 0 Å². The summed E-state index contributed by atoms with van der Waals surface area (Å²) >= 11 is 1.99. The first-order valence-corrected chi connectivity index (χ1v) is 5.05. The second-order valence-electron chi connectivity index (χ2n) is 2.09. The Hall–Kier alpha value is 0.270. The van der Waals surface area contributed by atoms with Crippen LogP contribution in [0.15, 0.2) is 0 Å². The molecule has 0 spiro atoms. The van der Waals surface area contributed by atoms with Gasteiger partial charge in [-0.1, -0.05) is 6.92 Å². The fourth-order valence-corrected chi connectivity index (χ4v) is 1.31. The van der Waals surface area contributed by atoms with Gasteiger partial charge >= 0.3 is 0 Å². The summed E-state index contributed by atoms with van der Waals surface area (Å²) < 4.78 is 0. The van der Waals surface area contributed by atoms with Crippen molar-refractivity contribution in [2.45, 2.75) is 13.3 Å². The zero-order valence-electron chi connectivity index (χ0n) is 6.73. The van der Waals surface area contributed by atoms with Gasteiger partial charge in [-0.3, -0.25) is 0 Å². The lowest BCUT2D eigenvalue weighted by atomic mass is 10.5. The van der Waals surface area contributed by atoms with E-state index in [0.29, 0.717) is 0 Å². The van der Waals surface area contributed by atoms with Gasteiger partial charge in [-0.2, -0.15) is 11.8 Å². The van der Waals surface area contributed by atoms with Gasteiger partial charge in [0.15, 0.2) is 0 Å². The van der Waals surface area contributed by atoms with Gasteiger partial charge in [-0.25, -0.2) is 0 Å². The van der Waals surface area contributed by atoms with Crippen molar-refractivity contribution in [3.05, 3.63) is 0 Å². The molecule has 0 fully saturated rings. The van der Waals surface area contributed by atoms with E-state index in [1.165, 1.54) is 17.9 Å². The molecule has 0 aliphatic rings. The minimum Gasteiger partial charge on any atom is -0.329 e. The predicted octanol–water partition coefficient (Wildman–Crippen LogP) is 0.678. The van der Waals surface area contributed by atoms with E-state index in [1.54, 1.807) is 0 Å². The molecular weight excluding hydrogens is 144 g/mol. The number of rotatable bonds is 7. The van der Waals surface area contributed by atoms with Crippen molar-refractivity contribution in [1.82, 2.24) is 5.32 Å². The summed E-state index contributed by atoms with van der Waals surface area (Å²) in [5.41, 5.74) is 5.30. The lowest BCUT2D eigenvalue weighted by molar-refractivity contribution is 0.681. The standard InChI is InChI=1S/C7H18N2S/c1-2-10-7-3-5-9-6-4-8/h9H,2-8H2,1H3.